The van der Waals surface area contributed by atoms with Gasteiger partial charge in [-0.05, 0) is 167 Å². The number of esters is 2. The number of ether oxygens (including phenoxy) is 2. The second-order valence-corrected chi connectivity index (χ2v) is 22.5. The van der Waals surface area contributed by atoms with E-state index in [9.17, 15) is 14.7 Å². The van der Waals surface area contributed by atoms with E-state index in [0.717, 1.165) is 193 Å². The lowest BCUT2D eigenvalue weighted by Gasteiger charge is -2.15. The molecule has 0 spiro atoms. The van der Waals surface area contributed by atoms with Gasteiger partial charge in [0.1, 0.15) is 6.61 Å². The van der Waals surface area contributed by atoms with Crippen LogP contribution in [0.3, 0.4) is 0 Å². The quantitative estimate of drug-likeness (QED) is 0.0373. The number of hydrogen-bond donors (Lipinski definition) is 1. The van der Waals surface area contributed by atoms with Gasteiger partial charge in [0.15, 0.2) is 6.10 Å². The van der Waals surface area contributed by atoms with Crippen molar-refractivity contribution in [3.05, 3.63) is 243 Å². The molecule has 1 atom stereocenters. The van der Waals surface area contributed by atoms with Gasteiger partial charge in [0, 0.05) is 12.8 Å². The highest BCUT2D eigenvalue weighted by molar-refractivity contribution is 5.70. The first-order valence-corrected chi connectivity index (χ1v) is 35.6. The van der Waals surface area contributed by atoms with E-state index in [4.69, 9.17) is 9.47 Å². The third-order valence-corrected chi connectivity index (χ3v) is 14.1. The largest absolute Gasteiger partial charge is 0.462 e. The summed E-state index contributed by atoms with van der Waals surface area (Å²) in [5, 5.41) is 9.71. The molecule has 0 bridgehead atoms. The summed E-state index contributed by atoms with van der Waals surface area (Å²) >= 11 is 0. The minimum Gasteiger partial charge on any atom is -0.462 e. The molecule has 0 amide bonds. The van der Waals surface area contributed by atoms with Crippen molar-refractivity contribution in [2.45, 2.75) is 264 Å². The van der Waals surface area contributed by atoms with E-state index in [-0.39, 0.29) is 25.2 Å². The summed E-state index contributed by atoms with van der Waals surface area (Å²) in [6, 6.07) is 0. The summed E-state index contributed by atoms with van der Waals surface area (Å²) in [5.74, 6) is -0.637. The van der Waals surface area contributed by atoms with E-state index in [0.29, 0.717) is 12.8 Å². The Balaban J connectivity index is 3.66. The highest BCUT2D eigenvalue weighted by atomic mass is 16.6. The molecule has 0 aromatic heterocycles. The predicted octanol–water partition coefficient (Wildman–Crippen LogP) is 25.4. The minimum absolute atomic E-state index is 0.0932. The average Bonchev–Trinajstić information content (AvgIpc) is 3.59. The van der Waals surface area contributed by atoms with Crippen molar-refractivity contribution < 1.29 is 24.2 Å². The average molecular weight is 1230 g/mol. The number of carbonyl (C=O) groups is 2. The predicted molar refractivity (Wildman–Crippen MR) is 398 cm³/mol. The molecule has 0 saturated carbocycles. The molecule has 0 saturated heterocycles. The maximum atomic E-state index is 12.4. The number of allylic oxidation sites excluding steroid dienone is 40. The third kappa shape index (κ3) is 74.2. The van der Waals surface area contributed by atoms with Crippen LogP contribution in [0.5, 0.6) is 0 Å². The first-order valence-electron chi connectivity index (χ1n) is 35.6. The molecule has 498 valence electrons. The van der Waals surface area contributed by atoms with E-state index in [2.05, 4.69) is 257 Å². The lowest BCUT2D eigenvalue weighted by atomic mass is 10.1. The normalized spacial score (nSPS) is 13.8. The Morgan fingerprint density at radius 1 is 0.256 bits per heavy atom. The molecule has 0 radical (unpaired) electrons. The fraction of sp³-hybridized carbons (Fsp3) is 0.506. The van der Waals surface area contributed by atoms with E-state index < -0.39 is 6.10 Å². The highest BCUT2D eigenvalue weighted by Gasteiger charge is 2.16. The number of rotatable bonds is 62. The van der Waals surface area contributed by atoms with Gasteiger partial charge in [0.25, 0.3) is 0 Å². The molecule has 5 nitrogen and oxygen atoms in total. The summed E-state index contributed by atoms with van der Waals surface area (Å²) in [4.78, 5) is 24.7. The van der Waals surface area contributed by atoms with Gasteiger partial charge in [-0.3, -0.25) is 9.59 Å². The SMILES string of the molecule is CC/C=C\C/C=C\C/C=C\C/C=C\C/C=C\C/C=C\C/C=C\C/C=C\C/C=C\C/C=C\C/C=C\CCCCCCCC(=O)OC(CO)COC(=O)CCCCCCCCCCC/C=C\C/C=C\C/C=C\C/C=C\C/C=C\C/C=C\C/C=C\C/C=C\C/C=C\CC. The summed E-state index contributed by atoms with van der Waals surface area (Å²) in [6.07, 6.45) is 127. The molecule has 0 aliphatic heterocycles. The molecular weight excluding hydrogens is 1100 g/mol. The molecule has 0 rings (SSSR count). The van der Waals surface area contributed by atoms with Gasteiger partial charge in [-0.2, -0.15) is 0 Å². The summed E-state index contributed by atoms with van der Waals surface area (Å²) in [7, 11) is 0. The van der Waals surface area contributed by atoms with Gasteiger partial charge < -0.3 is 14.6 Å². The van der Waals surface area contributed by atoms with Crippen molar-refractivity contribution in [3.8, 4) is 0 Å². The van der Waals surface area contributed by atoms with Crippen molar-refractivity contribution in [1.82, 2.24) is 0 Å². The van der Waals surface area contributed by atoms with Crippen molar-refractivity contribution in [1.29, 1.82) is 0 Å². The van der Waals surface area contributed by atoms with Crippen LogP contribution in [-0.2, 0) is 19.1 Å². The lowest BCUT2D eigenvalue weighted by Crippen LogP contribution is -2.28. The van der Waals surface area contributed by atoms with Crippen LogP contribution in [0, 0.1) is 0 Å². The Hall–Kier alpha value is -6.30. The maximum absolute atomic E-state index is 12.4. The van der Waals surface area contributed by atoms with Crippen LogP contribution >= 0.6 is 0 Å². The number of aliphatic hydroxyl groups excluding tert-OH is 1. The van der Waals surface area contributed by atoms with E-state index in [1.54, 1.807) is 0 Å². The standard InChI is InChI=1S/C85H128O5/c1-3-5-7-9-11-13-15-17-19-21-23-25-27-29-31-33-35-37-39-41-42-44-46-48-50-52-54-56-58-60-62-64-66-68-70-72-74-76-78-80-85(88)90-83(81-86)82-89-84(87)79-77-75-73-71-69-67-65-63-61-59-57-55-53-51-49-47-45-43-40-38-36-34-32-30-28-26-24-22-20-18-16-14-12-10-8-6-4-2/h5-8,11-14,17-20,23-26,29-32,35-38,41-43,45-46,48-49,51-52,54-55,57-58,60,64,66,83,86H,3-4,9-10,15-16,21-22,27-28,33-34,39-40,44,47,50,53,56,59,61-63,65,67-82H2,1-2H3/b7-5-,8-6-,13-11-,14-12-,19-17-,20-18-,25-23-,26-24-,31-29-,32-30-,37-35-,38-36-,42-41-,45-43-,48-46-,51-49-,54-52-,57-55-,60-58-,66-64-. The molecule has 1 N–H and O–H groups in total. The monoisotopic (exact) mass is 1230 g/mol. The van der Waals surface area contributed by atoms with Gasteiger partial charge in [0.05, 0.1) is 6.61 Å². The molecule has 1 unspecified atom stereocenters. The smallest absolute Gasteiger partial charge is 0.306 e. The van der Waals surface area contributed by atoms with E-state index >= 15 is 0 Å². The van der Waals surface area contributed by atoms with E-state index in [1.807, 2.05) is 0 Å². The molecule has 0 fully saturated rings. The number of aliphatic hydroxyl groups is 1. The molecule has 0 heterocycles. The van der Waals surface area contributed by atoms with Gasteiger partial charge in [-0.25, -0.2) is 0 Å². The summed E-state index contributed by atoms with van der Waals surface area (Å²) < 4.78 is 10.7. The van der Waals surface area contributed by atoms with E-state index in [1.165, 1.54) is 38.5 Å². The Morgan fingerprint density at radius 2 is 0.444 bits per heavy atom. The molecule has 90 heavy (non-hydrogen) atoms. The van der Waals surface area contributed by atoms with Crippen LogP contribution in [0.15, 0.2) is 243 Å². The van der Waals surface area contributed by atoms with Crippen molar-refractivity contribution >= 4 is 11.9 Å². The molecule has 0 aromatic rings. The summed E-state index contributed by atoms with van der Waals surface area (Å²) in [5.41, 5.74) is 0. The van der Waals surface area contributed by atoms with Crippen LogP contribution in [0.4, 0.5) is 0 Å². The van der Waals surface area contributed by atoms with Crippen LogP contribution in [0.2, 0.25) is 0 Å². The Labute approximate surface area is 553 Å². The Bertz CT molecular complexity index is 2230. The van der Waals surface area contributed by atoms with Gasteiger partial charge in [-0.1, -0.05) is 321 Å². The lowest BCUT2D eigenvalue weighted by molar-refractivity contribution is -0.161. The fourth-order valence-corrected chi connectivity index (χ4v) is 8.91. The van der Waals surface area contributed by atoms with Crippen LogP contribution in [0.25, 0.3) is 0 Å². The van der Waals surface area contributed by atoms with Gasteiger partial charge >= 0.3 is 11.9 Å². The Morgan fingerprint density at radius 3 is 0.667 bits per heavy atom. The number of carbonyl (C=O) groups excluding carboxylic acids is 2. The summed E-state index contributed by atoms with van der Waals surface area (Å²) in [6.45, 7) is 3.88. The fourth-order valence-electron chi connectivity index (χ4n) is 8.91. The third-order valence-electron chi connectivity index (χ3n) is 14.1. The van der Waals surface area contributed by atoms with Crippen molar-refractivity contribution in [3.63, 3.8) is 0 Å². The first-order chi connectivity index (χ1) is 44.6. The Kier molecular flexibility index (Phi) is 71.6. The molecule has 0 aromatic carbocycles. The zero-order valence-corrected chi connectivity index (χ0v) is 57.0. The molecular formula is C85H128O5. The molecule has 0 aliphatic carbocycles. The van der Waals surface area contributed by atoms with Gasteiger partial charge in [-0.15, -0.1) is 0 Å². The highest BCUT2D eigenvalue weighted by Crippen LogP contribution is 2.14. The molecule has 0 aliphatic rings. The maximum Gasteiger partial charge on any atom is 0.306 e. The van der Waals surface area contributed by atoms with Gasteiger partial charge in [0.2, 0.25) is 0 Å². The zero-order valence-electron chi connectivity index (χ0n) is 57.0. The minimum atomic E-state index is -0.806. The van der Waals surface area contributed by atoms with Crippen molar-refractivity contribution in [2.75, 3.05) is 13.2 Å². The zero-order chi connectivity index (χ0) is 64.7. The molecule has 5 heteroatoms. The second-order valence-electron chi connectivity index (χ2n) is 22.5. The van der Waals surface area contributed by atoms with Crippen LogP contribution < -0.4 is 0 Å². The second kappa shape index (κ2) is 76.9. The van der Waals surface area contributed by atoms with Crippen molar-refractivity contribution in [2.24, 2.45) is 0 Å². The van der Waals surface area contributed by atoms with Crippen LogP contribution in [-0.4, -0.2) is 36.4 Å². The number of unbranched alkanes of at least 4 members (excludes halogenated alkanes) is 14. The number of hydrogen-bond acceptors (Lipinski definition) is 5. The topological polar surface area (TPSA) is 72.8 Å². The van der Waals surface area contributed by atoms with Crippen LogP contribution in [0.1, 0.15) is 258 Å². The first kappa shape index (κ1) is 83.7.